The molecule has 2 aromatic heterocycles. The van der Waals surface area contributed by atoms with Crippen molar-refractivity contribution >= 4 is 5.57 Å². The van der Waals surface area contributed by atoms with Crippen LogP contribution in [0, 0.1) is 11.7 Å². The van der Waals surface area contributed by atoms with Crippen molar-refractivity contribution in [3.63, 3.8) is 0 Å². The summed E-state index contributed by atoms with van der Waals surface area (Å²) in [5.41, 5.74) is 7.02. The van der Waals surface area contributed by atoms with E-state index in [-0.39, 0.29) is 5.82 Å². The summed E-state index contributed by atoms with van der Waals surface area (Å²) in [4.78, 5) is 10.3. The van der Waals surface area contributed by atoms with Crippen LogP contribution in [0.1, 0.15) is 31.7 Å². The van der Waals surface area contributed by atoms with Crippen molar-refractivity contribution in [1.29, 1.82) is 0 Å². The molecule has 0 bridgehead atoms. The van der Waals surface area contributed by atoms with Gasteiger partial charge < -0.3 is 4.98 Å². The van der Waals surface area contributed by atoms with Gasteiger partial charge in [-0.1, -0.05) is 19.4 Å². The highest BCUT2D eigenvalue weighted by Gasteiger charge is 2.33. The van der Waals surface area contributed by atoms with Crippen LogP contribution in [0.2, 0.25) is 0 Å². The topological polar surface area (TPSA) is 31.9 Å². The third-order valence-electron chi connectivity index (χ3n) is 6.50. The van der Waals surface area contributed by atoms with Crippen LogP contribution in [-0.4, -0.2) is 34.0 Å². The van der Waals surface area contributed by atoms with E-state index in [1.807, 2.05) is 24.5 Å². The van der Waals surface area contributed by atoms with Crippen LogP contribution in [0.4, 0.5) is 4.39 Å². The SMILES string of the molecule is CC[C@H]1C[C@H]2C=C(c3c[nH]c(-c4ccc(F)cc4)c3-c3ccncc3)CCN2C1. The molecule has 3 nitrogen and oxygen atoms in total. The Hall–Kier alpha value is -2.72. The Kier molecular flexibility index (Phi) is 4.80. The maximum Gasteiger partial charge on any atom is 0.123 e. The highest BCUT2D eigenvalue weighted by Crippen LogP contribution is 2.41. The number of nitrogens with zero attached hydrogens (tertiary/aromatic N) is 2. The molecule has 1 saturated heterocycles. The molecule has 2 aliphatic rings. The molecule has 0 saturated carbocycles. The molecule has 0 radical (unpaired) electrons. The molecule has 0 amide bonds. The maximum atomic E-state index is 13.5. The standard InChI is InChI=1S/C25H26FN3/c1-2-17-13-22-14-20(9-12-29(22)16-17)23-15-28-25(19-3-5-21(26)6-4-19)24(23)18-7-10-27-11-8-18/h3-8,10-11,14-15,17,22,28H,2,9,12-13,16H2,1H3/t17-,22-/m0/s1. The molecule has 4 heterocycles. The summed E-state index contributed by atoms with van der Waals surface area (Å²) in [6.07, 6.45) is 11.9. The fraction of sp³-hybridized carbons (Fsp3) is 0.320. The van der Waals surface area contributed by atoms with E-state index in [0.717, 1.165) is 35.7 Å². The van der Waals surface area contributed by atoms with Gasteiger partial charge in [-0.25, -0.2) is 4.39 Å². The lowest BCUT2D eigenvalue weighted by Crippen LogP contribution is -2.32. The number of aromatic amines is 1. The summed E-state index contributed by atoms with van der Waals surface area (Å²) < 4.78 is 13.5. The summed E-state index contributed by atoms with van der Waals surface area (Å²) in [6.45, 7) is 4.66. The lowest BCUT2D eigenvalue weighted by atomic mass is 9.90. The molecule has 29 heavy (non-hydrogen) atoms. The van der Waals surface area contributed by atoms with E-state index >= 15 is 0 Å². The monoisotopic (exact) mass is 387 g/mol. The average molecular weight is 388 g/mol. The van der Waals surface area contributed by atoms with Gasteiger partial charge in [0.2, 0.25) is 0 Å². The van der Waals surface area contributed by atoms with Crippen LogP contribution in [0.25, 0.3) is 28.0 Å². The molecule has 4 heteroatoms. The fourth-order valence-electron chi connectivity index (χ4n) is 4.90. The molecule has 0 spiro atoms. The zero-order valence-corrected chi connectivity index (χ0v) is 16.7. The average Bonchev–Trinajstić information content (AvgIpc) is 3.38. The van der Waals surface area contributed by atoms with Gasteiger partial charge in [0.15, 0.2) is 0 Å². The second-order valence-corrected chi connectivity index (χ2v) is 8.21. The van der Waals surface area contributed by atoms with Crippen molar-refractivity contribution in [2.24, 2.45) is 5.92 Å². The largest absolute Gasteiger partial charge is 0.360 e. The van der Waals surface area contributed by atoms with Crippen molar-refractivity contribution in [1.82, 2.24) is 14.9 Å². The van der Waals surface area contributed by atoms with E-state index in [9.17, 15) is 4.39 Å². The molecule has 2 aliphatic heterocycles. The van der Waals surface area contributed by atoms with E-state index in [1.165, 1.54) is 48.2 Å². The Morgan fingerprint density at radius 2 is 1.90 bits per heavy atom. The quantitative estimate of drug-likeness (QED) is 0.616. The number of benzene rings is 1. The van der Waals surface area contributed by atoms with Crippen LogP contribution in [0.3, 0.4) is 0 Å². The van der Waals surface area contributed by atoms with Gasteiger partial charge in [0.25, 0.3) is 0 Å². The zero-order chi connectivity index (χ0) is 19.8. The van der Waals surface area contributed by atoms with Crippen LogP contribution in [-0.2, 0) is 0 Å². The number of rotatable bonds is 4. The first-order valence-electron chi connectivity index (χ1n) is 10.6. The van der Waals surface area contributed by atoms with Crippen LogP contribution in [0.5, 0.6) is 0 Å². The Morgan fingerprint density at radius 1 is 1.10 bits per heavy atom. The van der Waals surface area contributed by atoms with Gasteiger partial charge in [-0.3, -0.25) is 9.88 Å². The number of pyridine rings is 1. The van der Waals surface area contributed by atoms with Crippen molar-refractivity contribution in [3.8, 4) is 22.4 Å². The van der Waals surface area contributed by atoms with Crippen LogP contribution in [0.15, 0.2) is 61.1 Å². The number of hydrogen-bond acceptors (Lipinski definition) is 2. The Labute approximate surface area is 171 Å². The van der Waals surface area contributed by atoms with E-state index in [4.69, 9.17) is 0 Å². The smallest absolute Gasteiger partial charge is 0.123 e. The van der Waals surface area contributed by atoms with E-state index < -0.39 is 0 Å². The van der Waals surface area contributed by atoms with Gasteiger partial charge in [0, 0.05) is 48.8 Å². The third kappa shape index (κ3) is 3.42. The highest BCUT2D eigenvalue weighted by atomic mass is 19.1. The molecule has 1 N–H and O–H groups in total. The predicted molar refractivity (Wildman–Crippen MR) is 116 cm³/mol. The van der Waals surface area contributed by atoms with Crippen molar-refractivity contribution in [2.45, 2.75) is 32.2 Å². The maximum absolute atomic E-state index is 13.5. The molecule has 0 aliphatic carbocycles. The molecule has 2 atom stereocenters. The minimum atomic E-state index is -0.215. The van der Waals surface area contributed by atoms with Crippen molar-refractivity contribution in [3.05, 3.63) is 72.4 Å². The molecule has 1 fully saturated rings. The van der Waals surface area contributed by atoms with Gasteiger partial charge in [0.1, 0.15) is 5.82 Å². The first-order chi connectivity index (χ1) is 14.2. The number of hydrogen-bond donors (Lipinski definition) is 1. The van der Waals surface area contributed by atoms with E-state index in [2.05, 4.69) is 46.2 Å². The summed E-state index contributed by atoms with van der Waals surface area (Å²) in [5.74, 6) is 0.601. The molecule has 0 unspecified atom stereocenters. The summed E-state index contributed by atoms with van der Waals surface area (Å²) in [7, 11) is 0. The lowest BCUT2D eigenvalue weighted by Gasteiger charge is -2.28. The lowest BCUT2D eigenvalue weighted by molar-refractivity contribution is 0.281. The van der Waals surface area contributed by atoms with Crippen LogP contribution >= 0.6 is 0 Å². The Balaban J connectivity index is 1.60. The fourth-order valence-corrected chi connectivity index (χ4v) is 4.90. The van der Waals surface area contributed by atoms with Gasteiger partial charge in [-0.2, -0.15) is 0 Å². The molecule has 5 rings (SSSR count). The second-order valence-electron chi connectivity index (χ2n) is 8.21. The molecular formula is C25H26FN3. The first kappa shape index (κ1) is 18.3. The third-order valence-corrected chi connectivity index (χ3v) is 6.50. The number of halogens is 1. The van der Waals surface area contributed by atoms with Crippen molar-refractivity contribution < 1.29 is 4.39 Å². The van der Waals surface area contributed by atoms with E-state index in [1.54, 1.807) is 0 Å². The van der Waals surface area contributed by atoms with E-state index in [0.29, 0.717) is 6.04 Å². The minimum absolute atomic E-state index is 0.215. The van der Waals surface area contributed by atoms with Gasteiger partial charge in [0.05, 0.1) is 5.69 Å². The van der Waals surface area contributed by atoms with Gasteiger partial charge in [-0.15, -0.1) is 0 Å². The summed E-state index contributed by atoms with van der Waals surface area (Å²) in [5, 5.41) is 0. The van der Waals surface area contributed by atoms with Gasteiger partial charge in [-0.05, 0) is 71.9 Å². The number of fused-ring (bicyclic) bond motifs is 1. The predicted octanol–water partition coefficient (Wildman–Crippen LogP) is 5.77. The van der Waals surface area contributed by atoms with Gasteiger partial charge >= 0.3 is 0 Å². The number of aromatic nitrogens is 2. The Bertz CT molecular complexity index is 1020. The zero-order valence-electron chi connectivity index (χ0n) is 16.7. The molecule has 1 aromatic carbocycles. The summed E-state index contributed by atoms with van der Waals surface area (Å²) in [6, 6.07) is 11.4. The minimum Gasteiger partial charge on any atom is -0.360 e. The number of H-pyrrole nitrogens is 1. The summed E-state index contributed by atoms with van der Waals surface area (Å²) >= 11 is 0. The molecule has 148 valence electrons. The van der Waals surface area contributed by atoms with Crippen molar-refractivity contribution in [2.75, 3.05) is 13.1 Å². The Morgan fingerprint density at radius 3 is 2.66 bits per heavy atom. The first-order valence-corrected chi connectivity index (χ1v) is 10.6. The molecule has 3 aromatic rings. The number of nitrogens with one attached hydrogen (secondary N) is 1. The normalized spacial score (nSPS) is 21.8. The second kappa shape index (κ2) is 7.60. The van der Waals surface area contributed by atoms with Crippen LogP contribution < -0.4 is 0 Å². The highest BCUT2D eigenvalue weighted by molar-refractivity contribution is 5.91. The molecular weight excluding hydrogens is 361 g/mol.